The van der Waals surface area contributed by atoms with Crippen LogP contribution in [-0.4, -0.2) is 118 Å². The Kier molecular flexibility index (Phi) is 9.18. The Morgan fingerprint density at radius 1 is 1.09 bits per heavy atom. The zero-order chi connectivity index (χ0) is 31.6. The molecule has 2 aromatic rings. The van der Waals surface area contributed by atoms with Gasteiger partial charge in [0.25, 0.3) is 11.8 Å². The van der Waals surface area contributed by atoms with Crippen molar-refractivity contribution >= 4 is 79.8 Å². The minimum absolute atomic E-state index is 0.0703. The van der Waals surface area contributed by atoms with Crippen LogP contribution in [0.1, 0.15) is 24.2 Å². The molecule has 234 valence electrons. The van der Waals surface area contributed by atoms with Crippen molar-refractivity contribution in [1.82, 2.24) is 20.2 Å². The van der Waals surface area contributed by atoms with Crippen LogP contribution in [0.3, 0.4) is 0 Å². The molecule has 19 heteroatoms. The van der Waals surface area contributed by atoms with Crippen molar-refractivity contribution in [2.75, 3.05) is 52.0 Å². The lowest BCUT2D eigenvalue weighted by atomic mass is 9.97. The second-order valence-corrected chi connectivity index (χ2v) is 13.1. The van der Waals surface area contributed by atoms with E-state index in [1.54, 1.807) is 5.38 Å². The summed E-state index contributed by atoms with van der Waals surface area (Å²) in [6.45, 7) is 2.45. The zero-order valence-corrected chi connectivity index (χ0v) is 26.3. The highest BCUT2D eigenvalue weighted by Crippen LogP contribution is 2.41. The fourth-order valence-corrected chi connectivity index (χ4v) is 7.78. The van der Waals surface area contributed by atoms with Gasteiger partial charge in [0.1, 0.15) is 43.6 Å². The molecule has 0 aliphatic carbocycles. The molecule has 2 saturated heterocycles. The van der Waals surface area contributed by atoms with Crippen LogP contribution in [0.4, 0.5) is 10.3 Å². The first kappa shape index (κ1) is 31.4. The molecule has 3 atom stereocenters. The summed E-state index contributed by atoms with van der Waals surface area (Å²) < 4.78 is 0.732. The summed E-state index contributed by atoms with van der Waals surface area (Å²) in [6.07, 6.45) is 2.16. The molecule has 0 spiro atoms. The number of nitrogens with one attached hydrogen (secondary N) is 2. The van der Waals surface area contributed by atoms with Crippen molar-refractivity contribution in [1.29, 1.82) is 0 Å². The van der Waals surface area contributed by atoms with Gasteiger partial charge in [0.15, 0.2) is 27.7 Å². The molecule has 0 radical (unpaired) electrons. The molecule has 0 saturated carbocycles. The molecule has 0 aromatic carbocycles. The number of fused-ring (bicyclic) bond motifs is 1. The number of rotatable bonds is 11. The van der Waals surface area contributed by atoms with E-state index in [1.165, 1.54) is 36.3 Å². The van der Waals surface area contributed by atoms with Gasteiger partial charge in [-0.25, -0.2) is 14.8 Å². The molecular weight excluding hydrogens is 635 g/mol. The highest BCUT2D eigenvalue weighted by Gasteiger charge is 2.57. The normalized spacial score (nSPS) is 22.9. The smallest absolute Gasteiger partial charge is 0.331 e. The van der Waals surface area contributed by atoms with E-state index >= 15 is 0 Å². The van der Waals surface area contributed by atoms with Gasteiger partial charge in [-0.2, -0.15) is 0 Å². The average Bonchev–Trinajstić information content (AvgIpc) is 3.74. The fraction of sp³-hybridized carbons (Fsp3) is 0.440. The summed E-state index contributed by atoms with van der Waals surface area (Å²) in [6, 6.07) is -2.08. The van der Waals surface area contributed by atoms with Crippen molar-refractivity contribution in [2.24, 2.45) is 10.3 Å². The largest absolute Gasteiger partial charge is 0.479 e. The number of oxime groups is 2. The van der Waals surface area contributed by atoms with Gasteiger partial charge in [-0.15, -0.1) is 34.4 Å². The molecule has 5 rings (SSSR count). The van der Waals surface area contributed by atoms with E-state index in [9.17, 15) is 24.3 Å². The monoisotopic (exact) mass is 664 g/mol. The first-order valence-electron chi connectivity index (χ1n) is 13.3. The molecule has 16 nitrogen and oxygen atoms in total. The number of carboxylic acid groups (broad SMARTS) is 1. The number of likely N-dealkylation sites (N-methyl/N-ethyl adjacent to an activating group) is 1. The third-order valence-electron chi connectivity index (χ3n) is 7.33. The number of carboxylic acids is 1. The van der Waals surface area contributed by atoms with E-state index in [0.717, 1.165) is 53.1 Å². The quantitative estimate of drug-likeness (QED) is 0.112. The van der Waals surface area contributed by atoms with E-state index < -0.39 is 41.1 Å². The molecule has 44 heavy (non-hydrogen) atoms. The topological polar surface area (TPSA) is 211 Å². The lowest BCUT2D eigenvalue weighted by Gasteiger charge is -2.51. The van der Waals surface area contributed by atoms with Crippen molar-refractivity contribution in [3.63, 3.8) is 0 Å². The van der Waals surface area contributed by atoms with Gasteiger partial charge in [-0.05, 0) is 5.41 Å². The van der Waals surface area contributed by atoms with Gasteiger partial charge in [0, 0.05) is 29.2 Å². The van der Waals surface area contributed by atoms with Crippen LogP contribution in [0, 0.1) is 0 Å². The van der Waals surface area contributed by atoms with E-state index in [1.807, 2.05) is 5.41 Å². The summed E-state index contributed by atoms with van der Waals surface area (Å²) in [4.78, 5) is 70.9. The Bertz CT molecular complexity index is 1560. The molecule has 1 unspecified atom stereocenters. The summed E-state index contributed by atoms with van der Waals surface area (Å²) in [5.74, 6) is -3.05. The molecule has 5 N–H and O–H groups in total. The maximum Gasteiger partial charge on any atom is 0.331 e. The van der Waals surface area contributed by atoms with Gasteiger partial charge in [-0.3, -0.25) is 19.7 Å². The van der Waals surface area contributed by atoms with Crippen LogP contribution in [0.5, 0.6) is 0 Å². The number of carbonyl (C=O) groups is 4. The van der Waals surface area contributed by atoms with Crippen molar-refractivity contribution in [2.45, 2.75) is 30.3 Å². The minimum atomic E-state index is -1.11. The van der Waals surface area contributed by atoms with Crippen LogP contribution in [-0.2, 0) is 28.9 Å². The number of nitrogens with zero attached hydrogens (tertiary/aromatic N) is 6. The number of hydrogen-bond acceptors (Lipinski definition) is 14. The number of anilines is 2. The number of β-lactam (4-membered cyclic amide) rings is 1. The lowest BCUT2D eigenvalue weighted by molar-refractivity contribution is -0.893. The number of hydrogen-bond donors (Lipinski definition) is 4. The number of nitrogens with two attached hydrogens (primary N) is 1. The minimum Gasteiger partial charge on any atom is -0.479 e. The number of carbonyl (C=O) groups excluding carboxylic acids is 3. The molecule has 3 amide bonds. The van der Waals surface area contributed by atoms with Crippen molar-refractivity contribution < 1.29 is 38.4 Å². The number of nitrogen functional groups attached to an aromatic ring is 1. The third kappa shape index (κ3) is 6.26. The maximum atomic E-state index is 13.3. The first-order chi connectivity index (χ1) is 21.0. The number of thiazole rings is 2. The maximum absolute atomic E-state index is 13.3. The highest BCUT2D eigenvalue weighted by molar-refractivity contribution is 8.03. The number of aromatic nitrogens is 2. The second kappa shape index (κ2) is 12.9. The Morgan fingerprint density at radius 3 is 2.34 bits per heavy atom. The molecule has 0 bridgehead atoms. The van der Waals surface area contributed by atoms with E-state index in [2.05, 4.69) is 38.0 Å². The lowest BCUT2D eigenvalue weighted by Crippen LogP contribution is -2.74. The second-order valence-electron chi connectivity index (χ2n) is 10.4. The van der Waals surface area contributed by atoms with E-state index in [-0.39, 0.29) is 33.1 Å². The number of aliphatic carboxylic acids is 1. The number of likely N-dealkylation sites (tertiary alicyclic amines) is 1. The highest BCUT2D eigenvalue weighted by atomic mass is 32.2. The number of thioether (sulfide) groups is 1. The van der Waals surface area contributed by atoms with Gasteiger partial charge in [0.2, 0.25) is 5.91 Å². The Labute approximate surface area is 263 Å². The predicted octanol–water partition coefficient (Wildman–Crippen LogP) is 0.499. The Hall–Kier alpha value is -4.07. The Balaban J connectivity index is 1.27. The van der Waals surface area contributed by atoms with E-state index in [0.29, 0.717) is 12.1 Å². The summed E-state index contributed by atoms with van der Waals surface area (Å²) in [7, 11) is 4.62. The van der Waals surface area contributed by atoms with Crippen molar-refractivity contribution in [3.8, 4) is 0 Å². The summed E-state index contributed by atoms with van der Waals surface area (Å²) >= 11 is 3.44. The van der Waals surface area contributed by atoms with Gasteiger partial charge in [-0.1, -0.05) is 10.3 Å². The number of quaternary nitrogens is 1. The summed E-state index contributed by atoms with van der Waals surface area (Å²) in [5.41, 5.74) is 6.25. The molecule has 3 aliphatic heterocycles. The molecule has 3 aliphatic rings. The van der Waals surface area contributed by atoms with Crippen LogP contribution in [0.15, 0.2) is 32.1 Å². The van der Waals surface area contributed by atoms with Crippen LogP contribution in [0.25, 0.3) is 0 Å². The molecule has 2 fully saturated rings. The molecule has 2 aromatic heterocycles. The van der Waals surface area contributed by atoms with Gasteiger partial charge < -0.3 is 35.2 Å². The number of amides is 3. The SMILES string of the molecule is CO/N=C(\C(=O)Nc1nc(/C(=N/OC)C(=O)N[C@@H]2C(=O)N3C(C(=O)O)C(C[N+]4(C)CCCC4)=CS[C@H]23)cs1)c1csc(N)n1. The zero-order valence-electron chi connectivity index (χ0n) is 23.9. The summed E-state index contributed by atoms with van der Waals surface area (Å²) in [5, 5.41) is 27.4. The fourth-order valence-electron chi connectivity index (χ4n) is 5.33. The van der Waals surface area contributed by atoms with Crippen molar-refractivity contribution in [3.05, 3.63) is 33.1 Å². The van der Waals surface area contributed by atoms with Gasteiger partial charge >= 0.3 is 5.97 Å². The van der Waals surface area contributed by atoms with Gasteiger partial charge in [0.05, 0.1) is 20.1 Å². The predicted molar refractivity (Wildman–Crippen MR) is 164 cm³/mol. The third-order valence-corrected chi connectivity index (χ3v) is 9.97. The van der Waals surface area contributed by atoms with Crippen LogP contribution >= 0.6 is 34.4 Å². The standard InChI is InChI=1S/C25H29N9O7S3/c1-34(6-4-5-7-34)8-12-9-42-22-17(21(37)33(22)18(12)23(38)39)29-19(35)16(32-41-3)14-11-44-25(28-14)30-20(36)15(31-40-2)13-10-43-24(26)27-13/h9-11,17-18,22H,4-8H2,1-3H3,(H4-,26,27,28,29,30,35,36,38,39)/p+1/b31-15-,32-16-/t17-,18?,22-/m1/s1. The van der Waals surface area contributed by atoms with E-state index in [4.69, 9.17) is 15.4 Å². The van der Waals surface area contributed by atoms with Crippen LogP contribution < -0.4 is 16.4 Å². The average molecular weight is 665 g/mol. The first-order valence-corrected chi connectivity index (χ1v) is 16.0. The Morgan fingerprint density at radius 2 is 1.73 bits per heavy atom. The van der Waals surface area contributed by atoms with Crippen LogP contribution in [0.2, 0.25) is 0 Å². The molecule has 5 heterocycles. The molecular formula is C25H30N9O7S3+.